The molecule has 7 nitrogen and oxygen atoms in total. The van der Waals surface area contributed by atoms with Gasteiger partial charge in [0, 0.05) is 17.9 Å². The summed E-state index contributed by atoms with van der Waals surface area (Å²) >= 11 is 1.32. The van der Waals surface area contributed by atoms with Gasteiger partial charge in [0.15, 0.2) is 17.2 Å². The Balaban J connectivity index is 1.74. The van der Waals surface area contributed by atoms with Gasteiger partial charge < -0.3 is 19.3 Å². The third kappa shape index (κ3) is 4.03. The lowest BCUT2D eigenvalue weighted by Gasteiger charge is -2.38. The van der Waals surface area contributed by atoms with Crippen LogP contribution in [-0.4, -0.2) is 42.5 Å². The molecule has 2 aliphatic heterocycles. The number of nitrogens with zero attached hydrogens (tertiary/aromatic N) is 2. The molecule has 1 fully saturated rings. The van der Waals surface area contributed by atoms with Gasteiger partial charge >= 0.3 is 0 Å². The lowest BCUT2D eigenvalue weighted by atomic mass is 9.85. The summed E-state index contributed by atoms with van der Waals surface area (Å²) in [5.74, 6) is 1.33. The van der Waals surface area contributed by atoms with E-state index in [1.165, 1.54) is 16.7 Å². The maximum absolute atomic E-state index is 13.3. The molecule has 0 radical (unpaired) electrons. The molecule has 2 aromatic carbocycles. The Labute approximate surface area is 197 Å². The smallest absolute Gasteiger partial charge is 0.231 e. The maximum Gasteiger partial charge on any atom is 0.231 e. The summed E-state index contributed by atoms with van der Waals surface area (Å²) < 4.78 is 16.5. The number of fused-ring (bicyclic) bond motifs is 1. The van der Waals surface area contributed by atoms with Gasteiger partial charge in [-0.05, 0) is 36.2 Å². The van der Waals surface area contributed by atoms with Crippen molar-refractivity contribution in [2.24, 2.45) is 0 Å². The topological polar surface area (TPSA) is 92.0 Å². The van der Waals surface area contributed by atoms with E-state index in [2.05, 4.69) is 6.07 Å². The van der Waals surface area contributed by atoms with Crippen molar-refractivity contribution in [1.82, 2.24) is 4.90 Å². The number of methoxy groups -OCH3 is 2. The Hall–Kier alpha value is -3.15. The highest BCUT2D eigenvalue weighted by molar-refractivity contribution is 8.03. The minimum absolute atomic E-state index is 0.0670. The molecule has 0 spiro atoms. The average Bonchev–Trinajstić information content (AvgIpc) is 3.21. The van der Waals surface area contributed by atoms with Crippen LogP contribution in [0.25, 0.3) is 0 Å². The second-order valence-electron chi connectivity index (χ2n) is 7.91. The first kappa shape index (κ1) is 23.0. The molecule has 172 valence electrons. The van der Waals surface area contributed by atoms with E-state index in [1.54, 1.807) is 38.5 Å². The Morgan fingerprint density at radius 2 is 2.03 bits per heavy atom. The molecule has 8 heteroatoms. The lowest BCUT2D eigenvalue weighted by Crippen LogP contribution is -2.48. The van der Waals surface area contributed by atoms with Crippen molar-refractivity contribution in [2.45, 2.75) is 31.4 Å². The van der Waals surface area contributed by atoms with E-state index in [-0.39, 0.29) is 18.1 Å². The summed E-state index contributed by atoms with van der Waals surface area (Å²) in [6, 6.07) is 14.8. The summed E-state index contributed by atoms with van der Waals surface area (Å²) in [5, 5.41) is 22.1. The number of carbonyl (C=O) groups excluding carboxylic acids is 1. The van der Waals surface area contributed by atoms with E-state index in [4.69, 9.17) is 14.2 Å². The molecule has 2 aliphatic rings. The van der Waals surface area contributed by atoms with E-state index in [1.807, 2.05) is 25.1 Å². The largest absolute Gasteiger partial charge is 0.497 e. The van der Waals surface area contributed by atoms with Crippen molar-refractivity contribution in [3.63, 3.8) is 0 Å². The zero-order chi connectivity index (χ0) is 23.6. The van der Waals surface area contributed by atoms with Gasteiger partial charge in [0.25, 0.3) is 0 Å². The fourth-order valence-electron chi connectivity index (χ4n) is 4.23. The number of hydrogen-bond acceptors (Lipinski definition) is 7. The molecule has 0 aliphatic carbocycles. The van der Waals surface area contributed by atoms with Gasteiger partial charge in [-0.2, -0.15) is 5.26 Å². The molecule has 0 unspecified atom stereocenters. The van der Waals surface area contributed by atoms with Crippen LogP contribution >= 0.6 is 11.8 Å². The van der Waals surface area contributed by atoms with Gasteiger partial charge in [0.2, 0.25) is 5.91 Å². The van der Waals surface area contributed by atoms with E-state index in [0.29, 0.717) is 40.0 Å². The third-order valence-electron chi connectivity index (χ3n) is 5.89. The molecular weight excluding hydrogens is 440 g/mol. The Bertz CT molecular complexity index is 1140. The van der Waals surface area contributed by atoms with Crippen molar-refractivity contribution in [3.05, 3.63) is 64.2 Å². The van der Waals surface area contributed by atoms with Gasteiger partial charge in [-0.1, -0.05) is 25.1 Å². The first-order chi connectivity index (χ1) is 16.0. The molecule has 1 N–H and O–H groups in total. The highest BCUT2D eigenvalue weighted by Gasteiger charge is 2.52. The number of ether oxygens (including phenoxy) is 3. The van der Waals surface area contributed by atoms with Crippen LogP contribution in [0.5, 0.6) is 17.2 Å². The number of amides is 1. The Morgan fingerprint density at radius 3 is 2.73 bits per heavy atom. The SMILES string of the molecule is CCCOc1ccc([C@@H]2CC(=O)N3C(=C2C#N)SC[C@]3(O)c2cccc(OC)c2)cc1OC. The Kier molecular flexibility index (Phi) is 6.54. The highest BCUT2D eigenvalue weighted by atomic mass is 32.2. The molecule has 33 heavy (non-hydrogen) atoms. The monoisotopic (exact) mass is 466 g/mol. The van der Waals surface area contributed by atoms with Crippen molar-refractivity contribution < 1.29 is 24.1 Å². The number of nitriles is 1. The molecule has 1 saturated heterocycles. The van der Waals surface area contributed by atoms with Crippen LogP contribution in [-0.2, 0) is 10.5 Å². The minimum Gasteiger partial charge on any atom is -0.497 e. The maximum atomic E-state index is 13.3. The molecule has 0 aromatic heterocycles. The first-order valence-corrected chi connectivity index (χ1v) is 11.7. The first-order valence-electron chi connectivity index (χ1n) is 10.7. The van der Waals surface area contributed by atoms with E-state index in [9.17, 15) is 15.2 Å². The molecule has 2 aromatic rings. The second kappa shape index (κ2) is 9.38. The molecule has 0 saturated carbocycles. The second-order valence-corrected chi connectivity index (χ2v) is 8.88. The zero-order valence-electron chi connectivity index (χ0n) is 18.8. The lowest BCUT2D eigenvalue weighted by molar-refractivity contribution is -0.149. The average molecular weight is 467 g/mol. The molecule has 2 heterocycles. The van der Waals surface area contributed by atoms with Crippen LogP contribution in [0, 0.1) is 11.3 Å². The number of carbonyl (C=O) groups is 1. The van der Waals surface area contributed by atoms with Crippen LogP contribution in [0.2, 0.25) is 0 Å². The van der Waals surface area contributed by atoms with Gasteiger partial charge in [0.1, 0.15) is 5.75 Å². The normalized spacial score (nSPS) is 22.1. The van der Waals surface area contributed by atoms with E-state index in [0.717, 1.165) is 12.0 Å². The van der Waals surface area contributed by atoms with Crippen molar-refractivity contribution >= 4 is 17.7 Å². The molecule has 0 bridgehead atoms. The highest BCUT2D eigenvalue weighted by Crippen LogP contribution is 2.52. The predicted octanol–water partition coefficient (Wildman–Crippen LogP) is 4.14. The van der Waals surface area contributed by atoms with Gasteiger partial charge in [-0.25, -0.2) is 0 Å². The van der Waals surface area contributed by atoms with Gasteiger partial charge in [-0.15, -0.1) is 11.8 Å². The van der Waals surface area contributed by atoms with Gasteiger partial charge in [-0.3, -0.25) is 9.69 Å². The van der Waals surface area contributed by atoms with Crippen LogP contribution in [0.3, 0.4) is 0 Å². The summed E-state index contributed by atoms with van der Waals surface area (Å²) in [6.07, 6.45) is 0.938. The molecule has 1 amide bonds. The number of thioether (sulfide) groups is 1. The van der Waals surface area contributed by atoms with E-state index >= 15 is 0 Å². The van der Waals surface area contributed by atoms with Crippen LogP contribution in [0.15, 0.2) is 53.1 Å². The fourth-order valence-corrected chi connectivity index (χ4v) is 5.59. The minimum atomic E-state index is -1.55. The van der Waals surface area contributed by atoms with Crippen molar-refractivity contribution in [1.29, 1.82) is 5.26 Å². The van der Waals surface area contributed by atoms with Crippen molar-refractivity contribution in [3.8, 4) is 23.3 Å². The predicted molar refractivity (Wildman–Crippen MR) is 125 cm³/mol. The molecule has 2 atom stereocenters. The summed E-state index contributed by atoms with van der Waals surface area (Å²) in [5.41, 5.74) is 0.259. The number of aliphatic hydroxyl groups is 1. The van der Waals surface area contributed by atoms with E-state index < -0.39 is 11.6 Å². The summed E-state index contributed by atoms with van der Waals surface area (Å²) in [6.45, 7) is 2.59. The van der Waals surface area contributed by atoms with Crippen molar-refractivity contribution in [2.75, 3.05) is 26.6 Å². The number of rotatable bonds is 7. The van der Waals surface area contributed by atoms with Gasteiger partial charge in [0.05, 0.1) is 43.3 Å². The number of hydrogen-bond donors (Lipinski definition) is 1. The van der Waals surface area contributed by atoms with Crippen LogP contribution < -0.4 is 14.2 Å². The number of benzene rings is 2. The molecule has 4 rings (SSSR count). The standard InChI is InChI=1S/C25H26N2O5S/c1-4-10-32-21-9-8-16(11-22(21)31-3)19-13-23(28)27-24(20(19)14-26)33-15-25(27,29)17-6-5-7-18(12-17)30-2/h5-9,11-12,19,29H,4,10,13,15H2,1-3H3/t19-,25-/m0/s1. The third-order valence-corrected chi connectivity index (χ3v) is 7.12. The van der Waals surface area contributed by atoms with Crippen LogP contribution in [0.1, 0.15) is 36.8 Å². The van der Waals surface area contributed by atoms with Crippen LogP contribution in [0.4, 0.5) is 0 Å². The Morgan fingerprint density at radius 1 is 1.21 bits per heavy atom. The number of allylic oxidation sites excluding steroid dienone is 1. The quantitative estimate of drug-likeness (QED) is 0.656. The zero-order valence-corrected chi connectivity index (χ0v) is 19.6. The summed E-state index contributed by atoms with van der Waals surface area (Å²) in [7, 11) is 3.12. The summed E-state index contributed by atoms with van der Waals surface area (Å²) in [4.78, 5) is 14.7. The molecular formula is C25H26N2O5S. The fraction of sp³-hybridized carbons (Fsp3) is 0.360.